The van der Waals surface area contributed by atoms with Crippen molar-refractivity contribution in [2.24, 2.45) is 16.7 Å². The zero-order valence-electron chi connectivity index (χ0n) is 16.5. The van der Waals surface area contributed by atoms with Gasteiger partial charge in [0.15, 0.2) is 0 Å². The molecule has 0 aliphatic rings. The molecule has 0 fully saturated rings. The highest BCUT2D eigenvalue weighted by Crippen LogP contribution is 2.22. The maximum Gasteiger partial charge on any atom is 0.242 e. The molecule has 1 atom stereocenters. The van der Waals surface area contributed by atoms with Crippen LogP contribution in [0.15, 0.2) is 0 Å². The van der Waals surface area contributed by atoms with Crippen molar-refractivity contribution in [3.8, 4) is 0 Å². The number of carbonyl (C=O) groups excluding carboxylic acids is 2. The molecule has 1 unspecified atom stereocenters. The third-order valence-electron chi connectivity index (χ3n) is 3.64. The third-order valence-corrected chi connectivity index (χ3v) is 3.64. The Balaban J connectivity index is 4.31. The molecule has 2 N–H and O–H groups in total. The van der Waals surface area contributed by atoms with Crippen LogP contribution in [0.4, 0.5) is 0 Å². The van der Waals surface area contributed by atoms with E-state index in [4.69, 9.17) is 0 Å². The van der Waals surface area contributed by atoms with Crippen LogP contribution in [0.5, 0.6) is 0 Å². The fourth-order valence-electron chi connectivity index (χ4n) is 2.18. The molecule has 0 aromatic carbocycles. The van der Waals surface area contributed by atoms with Gasteiger partial charge in [-0.2, -0.15) is 0 Å². The number of rotatable bonds is 8. The van der Waals surface area contributed by atoms with Crippen molar-refractivity contribution in [1.82, 2.24) is 10.6 Å². The van der Waals surface area contributed by atoms with E-state index in [0.29, 0.717) is 18.4 Å². The number of amides is 2. The van der Waals surface area contributed by atoms with Crippen LogP contribution < -0.4 is 10.6 Å². The average molecular weight is 327 g/mol. The Morgan fingerprint density at radius 3 is 1.91 bits per heavy atom. The van der Waals surface area contributed by atoms with E-state index in [1.54, 1.807) is 0 Å². The van der Waals surface area contributed by atoms with E-state index in [0.717, 1.165) is 19.3 Å². The third kappa shape index (κ3) is 12.1. The van der Waals surface area contributed by atoms with Gasteiger partial charge >= 0.3 is 0 Å². The smallest absolute Gasteiger partial charge is 0.242 e. The zero-order valence-corrected chi connectivity index (χ0v) is 16.5. The highest BCUT2D eigenvalue weighted by atomic mass is 16.2. The lowest BCUT2D eigenvalue weighted by molar-refractivity contribution is -0.130. The van der Waals surface area contributed by atoms with E-state index in [2.05, 4.69) is 52.2 Å². The summed E-state index contributed by atoms with van der Waals surface area (Å²) in [5, 5.41) is 5.84. The van der Waals surface area contributed by atoms with Crippen LogP contribution in [0.2, 0.25) is 0 Å². The molecule has 0 rings (SSSR count). The molecule has 0 radical (unpaired) electrons. The van der Waals surface area contributed by atoms with Crippen LogP contribution in [0.3, 0.4) is 0 Å². The van der Waals surface area contributed by atoms with Crippen LogP contribution in [-0.4, -0.2) is 24.4 Å². The van der Waals surface area contributed by atoms with Gasteiger partial charge in [0, 0.05) is 13.0 Å². The van der Waals surface area contributed by atoms with E-state index in [9.17, 15) is 9.59 Å². The summed E-state index contributed by atoms with van der Waals surface area (Å²) in [6.45, 7) is 17.4. The number of nitrogens with one attached hydrogen (secondary N) is 2. The first-order chi connectivity index (χ1) is 10.3. The van der Waals surface area contributed by atoms with Crippen LogP contribution in [0.25, 0.3) is 0 Å². The predicted molar refractivity (Wildman–Crippen MR) is 97.2 cm³/mol. The standard InChI is InChI=1S/C19H38N2O2/c1-14(2)16(17(23)20-13-19(6,7)8)21-15(22)11-9-10-12-18(3,4)5/h14,16H,9-13H2,1-8H3,(H,20,23)(H,21,22). The molecule has 136 valence electrons. The maximum absolute atomic E-state index is 12.3. The fraction of sp³-hybridized carbons (Fsp3) is 0.895. The fourth-order valence-corrected chi connectivity index (χ4v) is 2.18. The van der Waals surface area contributed by atoms with Crippen LogP contribution in [-0.2, 0) is 9.59 Å². The average Bonchev–Trinajstić information content (AvgIpc) is 2.36. The minimum Gasteiger partial charge on any atom is -0.354 e. The highest BCUT2D eigenvalue weighted by Gasteiger charge is 2.25. The van der Waals surface area contributed by atoms with Gasteiger partial charge in [-0.15, -0.1) is 0 Å². The van der Waals surface area contributed by atoms with Gasteiger partial charge in [-0.25, -0.2) is 0 Å². The molecular formula is C19H38N2O2. The minimum absolute atomic E-state index is 0.0245. The topological polar surface area (TPSA) is 58.2 Å². The summed E-state index contributed by atoms with van der Waals surface area (Å²) in [5.74, 6) is -0.0324. The number of carbonyl (C=O) groups is 2. The van der Waals surface area contributed by atoms with Gasteiger partial charge < -0.3 is 10.6 Å². The molecule has 0 saturated carbocycles. The molecule has 0 aliphatic carbocycles. The molecule has 23 heavy (non-hydrogen) atoms. The molecule has 0 bridgehead atoms. The highest BCUT2D eigenvalue weighted by molar-refractivity contribution is 5.87. The Kier molecular flexibility index (Phi) is 8.86. The lowest BCUT2D eigenvalue weighted by atomic mass is 9.89. The quantitative estimate of drug-likeness (QED) is 0.665. The Bertz CT molecular complexity index is 376. The monoisotopic (exact) mass is 326 g/mol. The molecule has 0 aromatic rings. The first kappa shape index (κ1) is 21.9. The van der Waals surface area contributed by atoms with Gasteiger partial charge in [0.2, 0.25) is 11.8 Å². The van der Waals surface area contributed by atoms with E-state index >= 15 is 0 Å². The van der Waals surface area contributed by atoms with E-state index in [-0.39, 0.29) is 23.1 Å². The van der Waals surface area contributed by atoms with Crippen molar-refractivity contribution < 1.29 is 9.59 Å². The first-order valence-corrected chi connectivity index (χ1v) is 8.89. The minimum atomic E-state index is -0.451. The predicted octanol–water partition coefficient (Wildman–Crippen LogP) is 3.90. The Morgan fingerprint density at radius 2 is 1.48 bits per heavy atom. The summed E-state index contributed by atoms with van der Waals surface area (Å²) in [7, 11) is 0. The summed E-state index contributed by atoms with van der Waals surface area (Å²) < 4.78 is 0. The molecule has 2 amide bonds. The molecule has 0 heterocycles. The summed E-state index contributed by atoms with van der Waals surface area (Å²) in [6.07, 6.45) is 3.52. The van der Waals surface area contributed by atoms with Gasteiger partial charge in [0.1, 0.15) is 6.04 Å². The lowest BCUT2D eigenvalue weighted by Crippen LogP contribution is -2.51. The number of unbranched alkanes of at least 4 members (excludes halogenated alkanes) is 1. The molecule has 0 aliphatic heterocycles. The normalized spacial score (nSPS) is 13.8. The van der Waals surface area contributed by atoms with Crippen LogP contribution >= 0.6 is 0 Å². The van der Waals surface area contributed by atoms with Crippen molar-refractivity contribution in [2.45, 2.75) is 87.1 Å². The Hall–Kier alpha value is -1.06. The van der Waals surface area contributed by atoms with Crippen molar-refractivity contribution in [3.05, 3.63) is 0 Å². The molecular weight excluding hydrogens is 288 g/mol. The van der Waals surface area contributed by atoms with Gasteiger partial charge in [-0.05, 0) is 29.6 Å². The van der Waals surface area contributed by atoms with Gasteiger partial charge in [-0.3, -0.25) is 9.59 Å². The second-order valence-corrected chi connectivity index (χ2v) is 9.34. The van der Waals surface area contributed by atoms with Crippen molar-refractivity contribution in [3.63, 3.8) is 0 Å². The summed E-state index contributed by atoms with van der Waals surface area (Å²) >= 11 is 0. The van der Waals surface area contributed by atoms with Crippen molar-refractivity contribution in [2.75, 3.05) is 6.54 Å². The van der Waals surface area contributed by atoms with E-state index in [1.807, 2.05) is 13.8 Å². The van der Waals surface area contributed by atoms with Crippen LogP contribution in [0, 0.1) is 16.7 Å². The number of hydrogen-bond donors (Lipinski definition) is 2. The second-order valence-electron chi connectivity index (χ2n) is 9.34. The van der Waals surface area contributed by atoms with Gasteiger partial charge in [0.05, 0.1) is 0 Å². The van der Waals surface area contributed by atoms with E-state index < -0.39 is 6.04 Å². The molecule has 4 heteroatoms. The Morgan fingerprint density at radius 1 is 0.913 bits per heavy atom. The molecule has 0 aromatic heterocycles. The van der Waals surface area contributed by atoms with Crippen molar-refractivity contribution in [1.29, 1.82) is 0 Å². The summed E-state index contributed by atoms with van der Waals surface area (Å²) in [4.78, 5) is 24.4. The largest absolute Gasteiger partial charge is 0.354 e. The molecule has 0 spiro atoms. The molecule has 0 saturated heterocycles. The Labute approximate surface area is 143 Å². The van der Waals surface area contributed by atoms with E-state index in [1.165, 1.54) is 0 Å². The van der Waals surface area contributed by atoms with Gasteiger partial charge in [0.25, 0.3) is 0 Å². The second kappa shape index (κ2) is 9.29. The summed E-state index contributed by atoms with van der Waals surface area (Å²) in [6, 6.07) is -0.451. The van der Waals surface area contributed by atoms with Gasteiger partial charge in [-0.1, -0.05) is 61.8 Å². The number of hydrogen-bond acceptors (Lipinski definition) is 2. The molecule has 4 nitrogen and oxygen atoms in total. The summed E-state index contributed by atoms with van der Waals surface area (Å²) in [5.41, 5.74) is 0.345. The maximum atomic E-state index is 12.3. The van der Waals surface area contributed by atoms with Crippen molar-refractivity contribution >= 4 is 11.8 Å². The lowest BCUT2D eigenvalue weighted by Gasteiger charge is -2.25. The first-order valence-electron chi connectivity index (χ1n) is 8.89. The SMILES string of the molecule is CC(C)C(NC(=O)CCCCC(C)(C)C)C(=O)NCC(C)(C)C. The van der Waals surface area contributed by atoms with Crippen LogP contribution in [0.1, 0.15) is 81.1 Å². The zero-order chi connectivity index (χ0) is 18.3.